The second-order valence-corrected chi connectivity index (χ2v) is 8.98. The minimum atomic E-state index is -0.442. The van der Waals surface area contributed by atoms with Gasteiger partial charge in [0, 0.05) is 24.1 Å². The summed E-state index contributed by atoms with van der Waals surface area (Å²) in [6.45, 7) is 13.8. The van der Waals surface area contributed by atoms with Crippen LogP contribution >= 0.6 is 0 Å². The van der Waals surface area contributed by atoms with E-state index in [1.165, 1.54) is 0 Å². The van der Waals surface area contributed by atoms with Crippen LogP contribution < -0.4 is 10.6 Å². The van der Waals surface area contributed by atoms with Gasteiger partial charge in [-0.3, -0.25) is 9.79 Å². The van der Waals surface area contributed by atoms with Crippen molar-refractivity contribution in [1.29, 1.82) is 0 Å². The van der Waals surface area contributed by atoms with Crippen molar-refractivity contribution in [2.45, 2.75) is 39.8 Å². The molecule has 2 aromatic carbocycles. The smallest absolute Gasteiger partial charge is 0.225 e. The molecule has 1 amide bonds. The van der Waals surface area contributed by atoms with E-state index < -0.39 is 6.17 Å². The van der Waals surface area contributed by atoms with Crippen molar-refractivity contribution in [2.75, 3.05) is 0 Å². The maximum atomic E-state index is 13.0. The van der Waals surface area contributed by atoms with Crippen LogP contribution in [0.1, 0.15) is 38.3 Å². The fourth-order valence-electron chi connectivity index (χ4n) is 4.03. The Morgan fingerprint density at radius 2 is 1.86 bits per heavy atom. The van der Waals surface area contributed by atoms with Gasteiger partial charge in [0.2, 0.25) is 5.91 Å². The number of benzene rings is 2. The van der Waals surface area contributed by atoms with Gasteiger partial charge in [0.25, 0.3) is 0 Å². The summed E-state index contributed by atoms with van der Waals surface area (Å²) in [4.78, 5) is 18.0. The number of phenols is 1. The van der Waals surface area contributed by atoms with E-state index in [4.69, 9.17) is 4.99 Å². The van der Waals surface area contributed by atoms with Gasteiger partial charge < -0.3 is 15.7 Å². The van der Waals surface area contributed by atoms with E-state index in [1.54, 1.807) is 18.2 Å². The predicted molar refractivity (Wildman–Crippen MR) is 154 cm³/mol. The highest BCUT2D eigenvalue weighted by Gasteiger charge is 2.25. The SMILES string of the molecule is C=C/C(=C/C=C\C)C(=C)/C=C(\C)CC(=O)NC1NC(C)=C(c2ccc(O)cc2)N=C1Cc1ccccc1. The Morgan fingerprint density at radius 1 is 1.16 bits per heavy atom. The molecule has 1 atom stereocenters. The van der Waals surface area contributed by atoms with Crippen molar-refractivity contribution in [3.8, 4) is 5.75 Å². The highest BCUT2D eigenvalue weighted by Crippen LogP contribution is 2.25. The molecule has 1 unspecified atom stereocenters. The molecule has 37 heavy (non-hydrogen) atoms. The maximum absolute atomic E-state index is 13.0. The molecule has 0 spiro atoms. The van der Waals surface area contributed by atoms with E-state index >= 15 is 0 Å². The van der Waals surface area contributed by atoms with Crippen molar-refractivity contribution in [3.05, 3.63) is 132 Å². The minimum Gasteiger partial charge on any atom is -0.508 e. The third-order valence-electron chi connectivity index (χ3n) is 5.90. The summed E-state index contributed by atoms with van der Waals surface area (Å²) < 4.78 is 0. The fourth-order valence-corrected chi connectivity index (χ4v) is 4.03. The van der Waals surface area contributed by atoms with Crippen molar-refractivity contribution >= 4 is 17.3 Å². The maximum Gasteiger partial charge on any atom is 0.225 e. The van der Waals surface area contributed by atoms with Gasteiger partial charge in [0.15, 0.2) is 0 Å². The molecule has 0 radical (unpaired) electrons. The van der Waals surface area contributed by atoms with E-state index in [-0.39, 0.29) is 18.1 Å². The third-order valence-corrected chi connectivity index (χ3v) is 5.90. The molecule has 5 nitrogen and oxygen atoms in total. The topological polar surface area (TPSA) is 73.7 Å². The van der Waals surface area contributed by atoms with Crippen LogP contribution in [0.5, 0.6) is 5.75 Å². The quantitative estimate of drug-likeness (QED) is 0.336. The molecule has 1 aliphatic heterocycles. The zero-order valence-electron chi connectivity index (χ0n) is 21.8. The first kappa shape index (κ1) is 27.2. The first-order valence-corrected chi connectivity index (χ1v) is 12.3. The number of nitrogens with one attached hydrogen (secondary N) is 2. The summed E-state index contributed by atoms with van der Waals surface area (Å²) in [5, 5.41) is 16.2. The number of hydrogen-bond donors (Lipinski definition) is 3. The molecule has 0 fully saturated rings. The molecule has 5 heteroatoms. The van der Waals surface area contributed by atoms with Crippen LogP contribution in [0.2, 0.25) is 0 Å². The molecule has 3 rings (SSSR count). The van der Waals surface area contributed by atoms with Crippen molar-refractivity contribution in [1.82, 2.24) is 10.6 Å². The van der Waals surface area contributed by atoms with Crippen molar-refractivity contribution in [2.24, 2.45) is 4.99 Å². The number of aromatic hydroxyl groups is 1. The van der Waals surface area contributed by atoms with E-state index in [1.807, 2.05) is 87.5 Å². The first-order valence-electron chi connectivity index (χ1n) is 12.3. The van der Waals surface area contributed by atoms with Gasteiger partial charge in [-0.1, -0.05) is 79.4 Å². The first-order chi connectivity index (χ1) is 17.8. The number of carbonyl (C=O) groups is 1. The summed E-state index contributed by atoms with van der Waals surface area (Å²) in [7, 11) is 0. The molecule has 0 saturated carbocycles. The molecule has 1 heterocycles. The number of phenolic OH excluding ortho intramolecular Hbond substituents is 1. The Hall–Kier alpha value is -4.38. The lowest BCUT2D eigenvalue weighted by Crippen LogP contribution is -2.52. The lowest BCUT2D eigenvalue weighted by molar-refractivity contribution is -0.120. The average Bonchev–Trinajstić information content (AvgIpc) is 2.87. The molecule has 2 aromatic rings. The lowest BCUT2D eigenvalue weighted by Gasteiger charge is -2.29. The highest BCUT2D eigenvalue weighted by molar-refractivity contribution is 5.99. The molecule has 0 aromatic heterocycles. The number of amides is 1. The molecular formula is C32H35N3O2. The molecule has 190 valence electrons. The minimum absolute atomic E-state index is 0.113. The summed E-state index contributed by atoms with van der Waals surface area (Å²) in [6.07, 6.45) is 9.86. The van der Waals surface area contributed by atoms with E-state index in [2.05, 4.69) is 23.8 Å². The van der Waals surface area contributed by atoms with E-state index in [9.17, 15) is 9.90 Å². The van der Waals surface area contributed by atoms with E-state index in [0.29, 0.717) is 6.42 Å². The monoisotopic (exact) mass is 493 g/mol. The highest BCUT2D eigenvalue weighted by atomic mass is 16.3. The summed E-state index contributed by atoms with van der Waals surface area (Å²) in [5.41, 5.74) is 7.03. The Bertz CT molecular complexity index is 1290. The second-order valence-electron chi connectivity index (χ2n) is 8.98. The van der Waals surface area contributed by atoms with Gasteiger partial charge in [-0.05, 0) is 61.7 Å². The molecule has 0 saturated heterocycles. The Kier molecular flexibility index (Phi) is 9.61. The normalized spacial score (nSPS) is 16.3. The predicted octanol–water partition coefficient (Wildman–Crippen LogP) is 6.39. The van der Waals surface area contributed by atoms with Crippen LogP contribution in [0.3, 0.4) is 0 Å². The number of rotatable bonds is 10. The lowest BCUT2D eigenvalue weighted by atomic mass is 10.0. The molecule has 1 aliphatic rings. The third kappa shape index (κ3) is 7.80. The zero-order valence-corrected chi connectivity index (χ0v) is 21.8. The molecule has 0 aliphatic carbocycles. The number of allylic oxidation sites excluding steroid dienone is 8. The summed E-state index contributed by atoms with van der Waals surface area (Å²) >= 11 is 0. The Balaban J connectivity index is 1.79. The molecule has 0 bridgehead atoms. The van der Waals surface area contributed by atoms with Gasteiger partial charge in [0.1, 0.15) is 11.9 Å². The van der Waals surface area contributed by atoms with Crippen molar-refractivity contribution < 1.29 is 9.90 Å². The van der Waals surface area contributed by atoms with E-state index in [0.717, 1.165) is 45.0 Å². The van der Waals surface area contributed by atoms with Crippen LogP contribution in [-0.2, 0) is 11.2 Å². The van der Waals surface area contributed by atoms with Crippen LogP contribution in [0, 0.1) is 0 Å². The summed E-state index contributed by atoms with van der Waals surface area (Å²) in [6, 6.07) is 17.0. The second kappa shape index (κ2) is 13.1. The van der Waals surface area contributed by atoms with Crippen LogP contribution in [0.25, 0.3) is 5.70 Å². The van der Waals surface area contributed by atoms with Gasteiger partial charge in [-0.25, -0.2) is 0 Å². The van der Waals surface area contributed by atoms with Crippen molar-refractivity contribution in [3.63, 3.8) is 0 Å². The zero-order chi connectivity index (χ0) is 26.8. The fraction of sp³-hybridized carbons (Fsp3) is 0.188. The Labute approximate surface area is 220 Å². The molecule has 3 N–H and O–H groups in total. The summed E-state index contributed by atoms with van der Waals surface area (Å²) in [5.74, 6) is 0.0892. The van der Waals surface area contributed by atoms with Gasteiger partial charge in [0.05, 0.1) is 11.4 Å². The Morgan fingerprint density at radius 3 is 2.51 bits per heavy atom. The van der Waals surface area contributed by atoms with Crippen LogP contribution in [-0.4, -0.2) is 22.9 Å². The largest absolute Gasteiger partial charge is 0.508 e. The van der Waals surface area contributed by atoms with Gasteiger partial charge >= 0.3 is 0 Å². The number of nitrogens with zero attached hydrogens (tertiary/aromatic N) is 1. The number of hydrogen-bond acceptors (Lipinski definition) is 4. The van der Waals surface area contributed by atoms with Gasteiger partial charge in [-0.2, -0.15) is 0 Å². The standard InChI is InChI=1S/C32H35N3O2/c1-6-8-14-26(7-2)23(4)19-22(3)20-30(37)35-32-29(21-25-12-10-9-11-13-25)34-31(24(5)33-32)27-15-17-28(36)18-16-27/h6-19,32-33,36H,2,4,20-21H2,1,3,5H3,(H,35,37)/b8-6-,22-19+,26-14-. The average molecular weight is 494 g/mol. The van der Waals surface area contributed by atoms with Crippen LogP contribution in [0.4, 0.5) is 0 Å². The van der Waals surface area contributed by atoms with Crippen LogP contribution in [0.15, 0.2) is 126 Å². The number of carbonyl (C=O) groups excluding carboxylic acids is 1. The number of aliphatic imine (C=N–C) groups is 1. The molecular weight excluding hydrogens is 458 g/mol. The van der Waals surface area contributed by atoms with Gasteiger partial charge in [-0.15, -0.1) is 0 Å².